The molecule has 102 valence electrons. The monoisotopic (exact) mass is 334 g/mol. The van der Waals surface area contributed by atoms with E-state index < -0.39 is 0 Å². The smallest absolute Gasteiger partial charge is 0.314 e. The number of rotatable bonds is 3. The molecule has 0 aliphatic carbocycles. The summed E-state index contributed by atoms with van der Waals surface area (Å²) in [6, 6.07) is 13.0. The van der Waals surface area contributed by atoms with E-state index in [-0.39, 0.29) is 11.8 Å². The van der Waals surface area contributed by atoms with Crippen LogP contribution >= 0.6 is 15.9 Å². The van der Waals surface area contributed by atoms with Crippen LogP contribution in [-0.2, 0) is 0 Å². The minimum Gasteiger partial charge on any atom is -0.314 e. The number of carbonyl (C=O) groups is 1. The second kappa shape index (κ2) is 6.86. The van der Waals surface area contributed by atoms with Crippen molar-refractivity contribution in [3.63, 3.8) is 0 Å². The number of hydrogen-bond acceptors (Lipinski definition) is 1. The van der Waals surface area contributed by atoms with Crippen LogP contribution in [0.5, 0.6) is 0 Å². The van der Waals surface area contributed by atoms with Gasteiger partial charge in [0.05, 0.1) is 0 Å². The molecule has 0 saturated heterocycles. The second-order valence-corrected chi connectivity index (χ2v) is 4.91. The molecule has 0 radical (unpaired) electrons. The fourth-order valence-electron chi connectivity index (χ4n) is 1.56. The highest BCUT2D eigenvalue weighted by Gasteiger charge is 1.99. The quantitative estimate of drug-likeness (QED) is 0.859. The topological polar surface area (TPSA) is 41.1 Å². The van der Waals surface area contributed by atoms with E-state index in [9.17, 15) is 9.18 Å². The van der Waals surface area contributed by atoms with Crippen molar-refractivity contribution in [1.82, 2.24) is 5.32 Å². The normalized spacial score (nSPS) is 10.5. The number of benzene rings is 2. The number of halogens is 2. The zero-order valence-electron chi connectivity index (χ0n) is 10.4. The summed E-state index contributed by atoms with van der Waals surface area (Å²) >= 11 is 3.32. The highest BCUT2D eigenvalue weighted by Crippen LogP contribution is 2.15. The van der Waals surface area contributed by atoms with Crippen molar-refractivity contribution in [2.75, 3.05) is 5.32 Å². The van der Waals surface area contributed by atoms with Crippen molar-refractivity contribution in [2.45, 2.75) is 0 Å². The molecule has 0 aromatic heterocycles. The first kappa shape index (κ1) is 14.3. The highest BCUT2D eigenvalue weighted by atomic mass is 79.9. The Morgan fingerprint density at radius 2 is 1.95 bits per heavy atom. The van der Waals surface area contributed by atoms with Gasteiger partial charge in [0.25, 0.3) is 0 Å². The van der Waals surface area contributed by atoms with Gasteiger partial charge in [-0.2, -0.15) is 0 Å². The Balaban J connectivity index is 1.89. The van der Waals surface area contributed by atoms with Crippen LogP contribution in [0.25, 0.3) is 6.08 Å². The SMILES string of the molecule is O=C(N/C=C/c1cccc(F)c1)Nc1cccc(Br)c1. The molecule has 0 bridgehead atoms. The molecule has 0 heterocycles. The van der Waals surface area contributed by atoms with E-state index in [1.54, 1.807) is 30.3 Å². The molecular formula is C15H12BrFN2O. The van der Waals surface area contributed by atoms with Crippen LogP contribution in [0.1, 0.15) is 5.56 Å². The average molecular weight is 335 g/mol. The Hall–Kier alpha value is -2.14. The number of amides is 2. The largest absolute Gasteiger partial charge is 0.323 e. The highest BCUT2D eigenvalue weighted by molar-refractivity contribution is 9.10. The summed E-state index contributed by atoms with van der Waals surface area (Å²) in [6.45, 7) is 0. The van der Waals surface area contributed by atoms with E-state index in [0.717, 1.165) is 4.47 Å². The molecule has 2 rings (SSSR count). The number of urea groups is 1. The van der Waals surface area contributed by atoms with Crippen molar-refractivity contribution in [3.05, 3.63) is 70.6 Å². The Bertz CT molecular complexity index is 643. The molecule has 0 fully saturated rings. The van der Waals surface area contributed by atoms with Crippen LogP contribution in [-0.4, -0.2) is 6.03 Å². The fourth-order valence-corrected chi connectivity index (χ4v) is 1.96. The van der Waals surface area contributed by atoms with E-state index in [4.69, 9.17) is 0 Å². The number of nitrogens with one attached hydrogen (secondary N) is 2. The van der Waals surface area contributed by atoms with E-state index in [1.165, 1.54) is 18.3 Å². The van der Waals surface area contributed by atoms with Gasteiger partial charge in [-0.25, -0.2) is 9.18 Å². The first-order chi connectivity index (χ1) is 9.63. The van der Waals surface area contributed by atoms with E-state index in [2.05, 4.69) is 26.6 Å². The standard InChI is InChI=1S/C15H12BrFN2O/c16-12-4-2-6-14(10-12)19-15(20)18-8-7-11-3-1-5-13(17)9-11/h1-10H,(H2,18,19,20)/b8-7+. The summed E-state index contributed by atoms with van der Waals surface area (Å²) in [6.07, 6.45) is 3.08. The summed E-state index contributed by atoms with van der Waals surface area (Å²) in [5.74, 6) is -0.314. The van der Waals surface area contributed by atoms with Gasteiger partial charge >= 0.3 is 6.03 Å². The van der Waals surface area contributed by atoms with Crippen molar-refractivity contribution >= 4 is 33.7 Å². The van der Waals surface area contributed by atoms with Crippen molar-refractivity contribution in [3.8, 4) is 0 Å². The van der Waals surface area contributed by atoms with E-state index in [0.29, 0.717) is 11.3 Å². The molecule has 3 nitrogen and oxygen atoms in total. The summed E-state index contributed by atoms with van der Waals surface area (Å²) in [7, 11) is 0. The van der Waals surface area contributed by atoms with Crippen LogP contribution in [0.2, 0.25) is 0 Å². The lowest BCUT2D eigenvalue weighted by molar-refractivity contribution is 0.255. The van der Waals surface area contributed by atoms with Gasteiger partial charge in [0.15, 0.2) is 0 Å². The van der Waals surface area contributed by atoms with Gasteiger partial charge < -0.3 is 10.6 Å². The third kappa shape index (κ3) is 4.51. The lowest BCUT2D eigenvalue weighted by atomic mass is 10.2. The van der Waals surface area contributed by atoms with Crippen LogP contribution in [0, 0.1) is 5.82 Å². The molecule has 0 aliphatic heterocycles. The molecule has 5 heteroatoms. The second-order valence-electron chi connectivity index (χ2n) is 4.00. The Labute approximate surface area is 124 Å². The van der Waals surface area contributed by atoms with Gasteiger partial charge in [-0.15, -0.1) is 0 Å². The molecule has 2 aromatic carbocycles. The lowest BCUT2D eigenvalue weighted by Crippen LogP contribution is -2.23. The van der Waals surface area contributed by atoms with Gasteiger partial charge in [-0.05, 0) is 42.0 Å². The van der Waals surface area contributed by atoms with Crippen LogP contribution in [0.3, 0.4) is 0 Å². The number of hydrogen-bond donors (Lipinski definition) is 2. The average Bonchev–Trinajstić information content (AvgIpc) is 2.38. The Morgan fingerprint density at radius 1 is 1.15 bits per heavy atom. The summed E-state index contributed by atoms with van der Waals surface area (Å²) < 4.78 is 13.8. The number of anilines is 1. The zero-order valence-corrected chi connectivity index (χ0v) is 12.0. The Kier molecular flexibility index (Phi) is 4.90. The number of carbonyl (C=O) groups excluding carboxylic acids is 1. The van der Waals surface area contributed by atoms with Gasteiger partial charge in [0.1, 0.15) is 5.82 Å². The van der Waals surface area contributed by atoms with Crippen LogP contribution in [0.4, 0.5) is 14.9 Å². The molecule has 2 N–H and O–H groups in total. The fraction of sp³-hybridized carbons (Fsp3) is 0. The van der Waals surface area contributed by atoms with Crippen molar-refractivity contribution < 1.29 is 9.18 Å². The Morgan fingerprint density at radius 3 is 2.70 bits per heavy atom. The molecular weight excluding hydrogens is 323 g/mol. The van der Waals surface area contributed by atoms with Crippen LogP contribution in [0.15, 0.2) is 59.2 Å². The summed E-state index contributed by atoms with van der Waals surface area (Å²) in [4.78, 5) is 11.6. The first-order valence-electron chi connectivity index (χ1n) is 5.89. The van der Waals surface area contributed by atoms with Crippen LogP contribution < -0.4 is 10.6 Å². The van der Waals surface area contributed by atoms with Gasteiger partial charge in [0, 0.05) is 16.4 Å². The minimum atomic E-state index is -0.365. The van der Waals surface area contributed by atoms with Gasteiger partial charge in [-0.1, -0.05) is 34.1 Å². The predicted octanol–water partition coefficient (Wildman–Crippen LogP) is 4.38. The molecule has 0 unspecified atom stereocenters. The maximum absolute atomic E-state index is 12.9. The third-order valence-electron chi connectivity index (χ3n) is 2.42. The lowest BCUT2D eigenvalue weighted by Gasteiger charge is -2.04. The maximum Gasteiger partial charge on any atom is 0.323 e. The minimum absolute atomic E-state index is 0.314. The summed E-state index contributed by atoms with van der Waals surface area (Å²) in [5.41, 5.74) is 1.35. The van der Waals surface area contributed by atoms with Crippen molar-refractivity contribution in [2.24, 2.45) is 0 Å². The molecule has 0 atom stereocenters. The molecule has 0 aliphatic rings. The molecule has 2 amide bonds. The summed E-state index contributed by atoms with van der Waals surface area (Å²) in [5, 5.41) is 5.23. The zero-order chi connectivity index (χ0) is 14.4. The molecule has 20 heavy (non-hydrogen) atoms. The van der Waals surface area contributed by atoms with E-state index in [1.807, 2.05) is 12.1 Å². The van der Waals surface area contributed by atoms with E-state index >= 15 is 0 Å². The molecule has 0 spiro atoms. The van der Waals surface area contributed by atoms with Gasteiger partial charge in [-0.3, -0.25) is 0 Å². The maximum atomic E-state index is 12.9. The first-order valence-corrected chi connectivity index (χ1v) is 6.68. The predicted molar refractivity (Wildman–Crippen MR) is 81.7 cm³/mol. The third-order valence-corrected chi connectivity index (χ3v) is 2.91. The molecule has 2 aromatic rings. The van der Waals surface area contributed by atoms with Gasteiger partial charge in [0.2, 0.25) is 0 Å². The molecule has 0 saturated carbocycles. The van der Waals surface area contributed by atoms with Crippen molar-refractivity contribution in [1.29, 1.82) is 0 Å².